The molecule has 1 unspecified atom stereocenters. The molecule has 7 nitrogen and oxygen atoms in total. The minimum Gasteiger partial charge on any atom is -0.481 e. The lowest BCUT2D eigenvalue weighted by molar-refractivity contribution is -0.136. The molecule has 1 aliphatic rings. The van der Waals surface area contributed by atoms with Gasteiger partial charge in [0.1, 0.15) is 6.04 Å². The second kappa shape index (κ2) is 5.66. The number of hydrogen-bond donors (Lipinski definition) is 1. The van der Waals surface area contributed by atoms with E-state index in [2.05, 4.69) is 0 Å². The minimum atomic E-state index is -3.68. The molecule has 0 aromatic heterocycles. The summed E-state index contributed by atoms with van der Waals surface area (Å²) in [5.74, 6) is -1.88. The van der Waals surface area contributed by atoms with Gasteiger partial charge in [0.25, 0.3) is 0 Å². The van der Waals surface area contributed by atoms with Gasteiger partial charge in [0, 0.05) is 20.6 Å². The quantitative estimate of drug-likeness (QED) is 0.720. The number of amides is 1. The first-order valence-corrected chi connectivity index (χ1v) is 7.29. The SMILES string of the molecule is CN(C)C(=O)C1CCCN1S(=O)(=O)CCC(=O)O. The van der Waals surface area contributed by atoms with E-state index >= 15 is 0 Å². The molecule has 1 aliphatic heterocycles. The Bertz CT molecular complexity index is 432. The smallest absolute Gasteiger partial charge is 0.304 e. The number of carbonyl (C=O) groups excluding carboxylic acids is 1. The Morgan fingerprint density at radius 2 is 2.00 bits per heavy atom. The third-order valence-electron chi connectivity index (χ3n) is 2.86. The predicted octanol–water partition coefficient (Wildman–Crippen LogP) is -0.656. The molecule has 1 fully saturated rings. The van der Waals surface area contributed by atoms with E-state index < -0.39 is 34.2 Å². The molecule has 104 valence electrons. The average molecular weight is 278 g/mol. The van der Waals surface area contributed by atoms with Crippen LogP contribution in [0.2, 0.25) is 0 Å². The Hall–Kier alpha value is -1.15. The molecule has 1 atom stereocenters. The van der Waals surface area contributed by atoms with Gasteiger partial charge in [-0.1, -0.05) is 0 Å². The van der Waals surface area contributed by atoms with Crippen LogP contribution in [0.4, 0.5) is 0 Å². The predicted molar refractivity (Wildman–Crippen MR) is 64.5 cm³/mol. The first-order valence-electron chi connectivity index (χ1n) is 5.68. The van der Waals surface area contributed by atoms with Crippen molar-refractivity contribution in [3.63, 3.8) is 0 Å². The van der Waals surface area contributed by atoms with Crippen molar-refractivity contribution in [3.05, 3.63) is 0 Å². The highest BCUT2D eigenvalue weighted by Crippen LogP contribution is 2.23. The van der Waals surface area contributed by atoms with Crippen LogP contribution in [0, 0.1) is 0 Å². The molecule has 0 aromatic carbocycles. The molecule has 0 saturated carbocycles. The lowest BCUT2D eigenvalue weighted by Gasteiger charge is -2.25. The molecule has 1 heterocycles. The van der Waals surface area contributed by atoms with Gasteiger partial charge in [-0.2, -0.15) is 4.31 Å². The van der Waals surface area contributed by atoms with Gasteiger partial charge in [0.2, 0.25) is 15.9 Å². The van der Waals surface area contributed by atoms with Crippen molar-refractivity contribution in [1.82, 2.24) is 9.21 Å². The van der Waals surface area contributed by atoms with Crippen LogP contribution in [-0.4, -0.2) is 67.0 Å². The van der Waals surface area contributed by atoms with Gasteiger partial charge in [0.05, 0.1) is 12.2 Å². The highest BCUT2D eigenvalue weighted by molar-refractivity contribution is 7.89. The number of carboxylic acids is 1. The topological polar surface area (TPSA) is 95.0 Å². The fraction of sp³-hybridized carbons (Fsp3) is 0.800. The molecule has 0 spiro atoms. The molecule has 0 bridgehead atoms. The average Bonchev–Trinajstić information content (AvgIpc) is 2.74. The van der Waals surface area contributed by atoms with E-state index in [4.69, 9.17) is 5.11 Å². The van der Waals surface area contributed by atoms with Crippen molar-refractivity contribution in [3.8, 4) is 0 Å². The number of carbonyl (C=O) groups is 2. The van der Waals surface area contributed by atoms with Gasteiger partial charge in [-0.15, -0.1) is 0 Å². The number of aliphatic carboxylic acids is 1. The van der Waals surface area contributed by atoms with Gasteiger partial charge in [-0.3, -0.25) is 9.59 Å². The molecule has 1 rings (SSSR count). The van der Waals surface area contributed by atoms with Crippen LogP contribution < -0.4 is 0 Å². The summed E-state index contributed by atoms with van der Waals surface area (Å²) in [6.07, 6.45) is 0.668. The van der Waals surface area contributed by atoms with Gasteiger partial charge >= 0.3 is 5.97 Å². The molecule has 0 aromatic rings. The third-order valence-corrected chi connectivity index (χ3v) is 4.73. The molecule has 0 radical (unpaired) electrons. The lowest BCUT2D eigenvalue weighted by atomic mass is 10.2. The molecule has 1 saturated heterocycles. The summed E-state index contributed by atoms with van der Waals surface area (Å²) in [4.78, 5) is 23.6. The maximum atomic E-state index is 12.0. The van der Waals surface area contributed by atoms with Crippen LogP contribution >= 0.6 is 0 Å². The lowest BCUT2D eigenvalue weighted by Crippen LogP contribution is -2.46. The summed E-state index contributed by atoms with van der Waals surface area (Å²) in [7, 11) is -0.534. The Morgan fingerprint density at radius 3 is 2.50 bits per heavy atom. The van der Waals surface area contributed by atoms with Gasteiger partial charge < -0.3 is 10.0 Å². The highest BCUT2D eigenvalue weighted by atomic mass is 32.2. The molecule has 1 N–H and O–H groups in total. The first kappa shape index (κ1) is 14.9. The first-order chi connectivity index (χ1) is 8.25. The van der Waals surface area contributed by atoms with E-state index in [1.165, 1.54) is 4.90 Å². The van der Waals surface area contributed by atoms with E-state index in [9.17, 15) is 18.0 Å². The number of sulfonamides is 1. The number of hydrogen-bond acceptors (Lipinski definition) is 4. The summed E-state index contributed by atoms with van der Waals surface area (Å²) in [6, 6.07) is -0.682. The molecule has 1 amide bonds. The molecule has 0 aliphatic carbocycles. The summed E-state index contributed by atoms with van der Waals surface area (Å²) in [6.45, 7) is 0.284. The third kappa shape index (κ3) is 3.42. The van der Waals surface area contributed by atoms with Crippen molar-refractivity contribution in [1.29, 1.82) is 0 Å². The van der Waals surface area contributed by atoms with Crippen LogP contribution in [0.15, 0.2) is 0 Å². The zero-order chi connectivity index (χ0) is 13.9. The van der Waals surface area contributed by atoms with Crippen LogP contribution in [0.25, 0.3) is 0 Å². The van der Waals surface area contributed by atoms with Gasteiger partial charge in [-0.05, 0) is 12.8 Å². The summed E-state index contributed by atoms with van der Waals surface area (Å²) >= 11 is 0. The van der Waals surface area contributed by atoms with Crippen LogP contribution in [0.3, 0.4) is 0 Å². The Balaban J connectivity index is 2.80. The fourth-order valence-corrected chi connectivity index (χ4v) is 3.61. The van der Waals surface area contributed by atoms with Crippen molar-refractivity contribution in [2.75, 3.05) is 26.4 Å². The Kier molecular flexibility index (Phi) is 4.69. The fourth-order valence-electron chi connectivity index (χ4n) is 1.95. The van der Waals surface area contributed by atoms with Crippen molar-refractivity contribution in [2.45, 2.75) is 25.3 Å². The maximum Gasteiger partial charge on any atom is 0.304 e. The van der Waals surface area contributed by atoms with Crippen LogP contribution in [-0.2, 0) is 19.6 Å². The maximum absolute atomic E-state index is 12.0. The Labute approximate surface area is 106 Å². The van der Waals surface area contributed by atoms with Crippen LogP contribution in [0.5, 0.6) is 0 Å². The molecular formula is C10H18N2O5S. The van der Waals surface area contributed by atoms with Gasteiger partial charge in [0.15, 0.2) is 0 Å². The number of likely N-dealkylation sites (N-methyl/N-ethyl adjacent to an activating group) is 1. The summed E-state index contributed by atoms with van der Waals surface area (Å²) < 4.78 is 25.1. The van der Waals surface area contributed by atoms with Gasteiger partial charge in [-0.25, -0.2) is 8.42 Å². The zero-order valence-electron chi connectivity index (χ0n) is 10.5. The number of carboxylic acid groups (broad SMARTS) is 1. The second-order valence-electron chi connectivity index (χ2n) is 4.46. The molecule has 18 heavy (non-hydrogen) atoms. The number of rotatable bonds is 5. The number of nitrogens with zero attached hydrogens (tertiary/aromatic N) is 2. The Morgan fingerprint density at radius 1 is 1.39 bits per heavy atom. The highest BCUT2D eigenvalue weighted by Gasteiger charge is 2.39. The normalized spacial score (nSPS) is 20.9. The van der Waals surface area contributed by atoms with E-state index in [1.807, 2.05) is 0 Å². The van der Waals surface area contributed by atoms with Crippen molar-refractivity contribution >= 4 is 21.9 Å². The summed E-state index contributed by atoms with van der Waals surface area (Å²) in [5.41, 5.74) is 0. The summed E-state index contributed by atoms with van der Waals surface area (Å²) in [5, 5.41) is 8.52. The largest absolute Gasteiger partial charge is 0.481 e. The van der Waals surface area contributed by atoms with E-state index in [-0.39, 0.29) is 12.5 Å². The van der Waals surface area contributed by atoms with E-state index in [1.54, 1.807) is 14.1 Å². The van der Waals surface area contributed by atoms with Crippen molar-refractivity contribution in [2.24, 2.45) is 0 Å². The van der Waals surface area contributed by atoms with Crippen molar-refractivity contribution < 1.29 is 23.1 Å². The second-order valence-corrected chi connectivity index (χ2v) is 6.50. The monoisotopic (exact) mass is 278 g/mol. The minimum absolute atomic E-state index is 0.258. The van der Waals surface area contributed by atoms with Crippen LogP contribution in [0.1, 0.15) is 19.3 Å². The van der Waals surface area contributed by atoms with E-state index in [0.717, 1.165) is 4.31 Å². The molecular weight excluding hydrogens is 260 g/mol. The molecule has 8 heteroatoms. The van der Waals surface area contributed by atoms with E-state index in [0.29, 0.717) is 12.8 Å². The zero-order valence-corrected chi connectivity index (χ0v) is 11.3. The standard InChI is InChI=1S/C10H18N2O5S/c1-11(2)10(15)8-4-3-6-12(8)18(16,17)7-5-9(13)14/h8H,3-7H2,1-2H3,(H,13,14).